The molecule has 10 amide bonds. The van der Waals surface area contributed by atoms with Gasteiger partial charge in [-0.2, -0.15) is 0 Å². The van der Waals surface area contributed by atoms with E-state index in [0.29, 0.717) is 49.7 Å². The Labute approximate surface area is 634 Å². The number of aliphatic hydroxyl groups excluding tert-OH is 2. The number of nitrogens with zero attached hydrogens (tertiary/aromatic N) is 4. The van der Waals surface area contributed by atoms with Crippen LogP contribution in [0.25, 0.3) is 21.5 Å². The second kappa shape index (κ2) is 35.6. The van der Waals surface area contributed by atoms with E-state index in [1.54, 1.807) is 53.9 Å². The number of amides is 10. The molecule has 2 aromatic carbocycles. The summed E-state index contributed by atoms with van der Waals surface area (Å²) in [4.78, 5) is 128. The van der Waals surface area contributed by atoms with Gasteiger partial charge in [0, 0.05) is 59.2 Å². The van der Waals surface area contributed by atoms with Crippen molar-refractivity contribution in [3.05, 3.63) is 60.9 Å². The predicted octanol–water partition coefficient (Wildman–Crippen LogP) is 8.32. The van der Waals surface area contributed by atoms with Crippen LogP contribution in [-0.4, -0.2) is 204 Å². The number of ether oxygens (including phenoxy) is 5. The minimum atomic E-state index is -1.43. The summed E-state index contributed by atoms with van der Waals surface area (Å²) in [7, 11) is 0. The van der Waals surface area contributed by atoms with Crippen molar-refractivity contribution in [3.63, 3.8) is 0 Å². The number of aromatic nitrogens is 2. The van der Waals surface area contributed by atoms with E-state index in [9.17, 15) is 53.4 Å². The molecule has 4 saturated carbocycles. The van der Waals surface area contributed by atoms with E-state index in [4.69, 9.17) is 28.8 Å². The normalized spacial score (nSPS) is 20.4. The highest BCUT2D eigenvalue weighted by molar-refractivity contribution is 5.95. The molecule has 596 valence electrons. The fourth-order valence-corrected chi connectivity index (χ4v) is 12.7. The lowest BCUT2D eigenvalue weighted by Crippen LogP contribution is -2.61. The van der Waals surface area contributed by atoms with Crippen LogP contribution in [0.2, 0.25) is 0 Å². The third-order valence-corrected chi connectivity index (χ3v) is 18.7. The number of likely N-dealkylation sites (tertiary alicyclic amines) is 2. The number of aliphatic hydroxyl groups is 2. The first-order valence-electron chi connectivity index (χ1n) is 38.1. The number of rotatable bonds is 26. The summed E-state index contributed by atoms with van der Waals surface area (Å²) < 4.78 is 29.6. The van der Waals surface area contributed by atoms with Crippen LogP contribution in [0.4, 0.5) is 14.4 Å². The molecule has 11 N–H and O–H groups in total. The Kier molecular flexibility index (Phi) is 27.9. The van der Waals surface area contributed by atoms with Crippen LogP contribution in [0.3, 0.4) is 0 Å². The first kappa shape index (κ1) is 84.6. The molecule has 29 heteroatoms. The van der Waals surface area contributed by atoms with Crippen molar-refractivity contribution in [2.45, 2.75) is 284 Å². The number of hydrogen-bond acceptors (Lipinski definition) is 18. The van der Waals surface area contributed by atoms with Gasteiger partial charge in [-0.3, -0.25) is 28.9 Å². The fourth-order valence-electron chi connectivity index (χ4n) is 12.7. The molecular formula is C79H118N12O17. The van der Waals surface area contributed by atoms with Gasteiger partial charge in [0.2, 0.25) is 29.5 Å². The van der Waals surface area contributed by atoms with Crippen molar-refractivity contribution in [3.8, 4) is 23.3 Å². The van der Waals surface area contributed by atoms with Gasteiger partial charge in [-0.1, -0.05) is 67.2 Å². The predicted molar refractivity (Wildman–Crippen MR) is 406 cm³/mol. The Morgan fingerprint density at radius 1 is 0.519 bits per heavy atom. The molecule has 0 spiro atoms. The van der Waals surface area contributed by atoms with Gasteiger partial charge in [0.15, 0.2) is 12.2 Å². The standard InChI is InChI=1S/C37H54N6O7.C31H42N4O7.C11H22N2O3/c1-8-49-24-13-14-26-22(18-24)15-16-38-33(26)50-25-19-28(31(45)40-27(17-21-9-10-21)29(44)32(46)39-23-11-12-23)43(20-25)34(47)30(36(2,3)4)41-35(48)42-37(5,6)7;1-5-40-21-10-11-23-19(15-21)12-13-32-29(23)41-22-16-25(35(17-22)30(39)42-31(2,3)4)27(37)34-24(14-18-6-7-18)26(36)28(38)33-20-8-9-20;1-10(2,3)7(8(14)15)12-9(16)13-11(4,5)6/h13-16,18,21,23,25,27-30,44H,8-12,17,19-20H2,1-7H3,(H,39,46)(H,40,45)(H2,41,42,48);10-13,15,18,20,22,24-26,36H,5-9,14,16-17H2,1-4H3,(H,33,38)(H,34,37);7H,1-6H3,(H,14,15)(H2,12,13,16)/t25-,27+,28?,29?,30-;22-,24+,25?,26?;7-/m110/s1. The monoisotopic (exact) mass is 1510 g/mol. The highest BCUT2D eigenvalue weighted by atomic mass is 16.6. The average Bonchev–Trinajstić information content (AvgIpc) is 1.61. The average molecular weight is 1510 g/mol. The van der Waals surface area contributed by atoms with Crippen molar-refractivity contribution >= 4 is 75.2 Å². The molecule has 4 aromatic rings. The van der Waals surface area contributed by atoms with E-state index >= 15 is 0 Å². The summed E-state index contributed by atoms with van der Waals surface area (Å²) in [6, 6.07) is 8.79. The quantitative estimate of drug-likeness (QED) is 0.0281. The van der Waals surface area contributed by atoms with Gasteiger partial charge >= 0.3 is 24.1 Å². The van der Waals surface area contributed by atoms with Crippen LogP contribution >= 0.6 is 0 Å². The molecule has 2 saturated heterocycles. The van der Waals surface area contributed by atoms with Crippen molar-refractivity contribution in [2.24, 2.45) is 22.7 Å². The Balaban J connectivity index is 0.000000229. The molecular weight excluding hydrogens is 1390 g/mol. The minimum absolute atomic E-state index is 0.0547. The number of carboxylic acids is 1. The SMILES string of the molecule is CC(C)(C)NC(=O)N[C@@H](C(=O)O)C(C)(C)C.CCOc1ccc2c(O[C@@H]3CC(C(=O)N[C@@H](CC4CC4)C(O)C(=O)NC4CC4)N(C(=O)OC(C)(C)C)C3)nccc2c1.CCOc1ccc2c(O[C@@H]3CC(C(=O)N[C@@H](CC4CC4)C(O)C(=O)NC4CC4)N(C(=O)[C@@H](NC(=O)NC(C)(C)C)C(C)(C)C)C3)nccc2c1. The van der Waals surface area contributed by atoms with Crippen LogP contribution in [0.5, 0.6) is 23.3 Å². The number of pyridine rings is 2. The fraction of sp³-hybridized carbons (Fsp3) is 0.658. The summed E-state index contributed by atoms with van der Waals surface area (Å²) in [5.74, 6) is -0.537. The van der Waals surface area contributed by atoms with E-state index in [-0.39, 0.29) is 43.6 Å². The Morgan fingerprint density at radius 2 is 0.907 bits per heavy atom. The van der Waals surface area contributed by atoms with Crippen LogP contribution in [-0.2, 0) is 33.5 Å². The third-order valence-electron chi connectivity index (χ3n) is 18.7. The number of urea groups is 2. The number of nitrogens with one attached hydrogen (secondary N) is 8. The molecule has 4 heterocycles. The molecule has 0 bridgehead atoms. The lowest BCUT2D eigenvalue weighted by atomic mass is 9.85. The highest BCUT2D eigenvalue weighted by Crippen LogP contribution is 2.38. The lowest BCUT2D eigenvalue weighted by Gasteiger charge is -2.36. The van der Waals surface area contributed by atoms with Crippen LogP contribution in [0.1, 0.15) is 195 Å². The smallest absolute Gasteiger partial charge is 0.411 e. The molecule has 10 rings (SSSR count). The third kappa shape index (κ3) is 25.8. The van der Waals surface area contributed by atoms with Gasteiger partial charge in [0.25, 0.3) is 11.8 Å². The Hall–Kier alpha value is -8.99. The summed E-state index contributed by atoms with van der Waals surface area (Å²) in [6.45, 7) is 32.3. The van der Waals surface area contributed by atoms with Crippen molar-refractivity contribution < 1.29 is 82.2 Å². The van der Waals surface area contributed by atoms with Gasteiger partial charge in [-0.15, -0.1) is 0 Å². The zero-order valence-corrected chi connectivity index (χ0v) is 66.0. The lowest BCUT2D eigenvalue weighted by molar-refractivity contribution is -0.143. The molecule has 2 aromatic heterocycles. The second-order valence-electron chi connectivity index (χ2n) is 34.6. The number of hydrogen-bond donors (Lipinski definition) is 11. The van der Waals surface area contributed by atoms with E-state index in [1.165, 1.54) is 9.80 Å². The Morgan fingerprint density at radius 3 is 1.26 bits per heavy atom. The topological polar surface area (TPSA) is 389 Å². The van der Waals surface area contributed by atoms with Gasteiger partial charge in [-0.25, -0.2) is 29.1 Å². The maximum absolute atomic E-state index is 14.5. The summed E-state index contributed by atoms with van der Waals surface area (Å²) in [6.07, 6.45) is 7.43. The molecule has 6 fully saturated rings. The van der Waals surface area contributed by atoms with Gasteiger partial charge < -0.3 is 86.4 Å². The molecule has 2 aliphatic heterocycles. The van der Waals surface area contributed by atoms with Crippen LogP contribution in [0.15, 0.2) is 60.9 Å². The number of carbonyl (C=O) groups is 9. The summed E-state index contributed by atoms with van der Waals surface area (Å²) in [5, 5.41) is 56.6. The number of carboxylic acid groups (broad SMARTS) is 1. The molecule has 4 unspecified atom stereocenters. The summed E-state index contributed by atoms with van der Waals surface area (Å²) in [5.41, 5.74) is -2.93. The minimum Gasteiger partial charge on any atom is -0.494 e. The first-order valence-corrected chi connectivity index (χ1v) is 38.1. The molecule has 10 atom stereocenters. The largest absolute Gasteiger partial charge is 0.494 e. The zero-order chi connectivity index (χ0) is 79.5. The number of aliphatic carboxylic acids is 1. The first-order chi connectivity index (χ1) is 50.5. The number of carbonyl (C=O) groups excluding carboxylic acids is 8. The van der Waals surface area contributed by atoms with Gasteiger partial charge in [-0.05, 0) is 197 Å². The maximum Gasteiger partial charge on any atom is 0.411 e. The van der Waals surface area contributed by atoms with Crippen LogP contribution < -0.4 is 61.5 Å². The Bertz CT molecular complexity index is 3830. The number of fused-ring (bicyclic) bond motifs is 2. The molecule has 4 aliphatic carbocycles. The maximum atomic E-state index is 14.5. The zero-order valence-electron chi connectivity index (χ0n) is 66.0. The second-order valence-corrected chi connectivity index (χ2v) is 34.6. The van der Waals surface area contributed by atoms with Crippen LogP contribution in [0, 0.1) is 22.7 Å². The molecule has 108 heavy (non-hydrogen) atoms. The van der Waals surface area contributed by atoms with Crippen molar-refractivity contribution in [2.75, 3.05) is 26.3 Å². The number of benzene rings is 2. The van der Waals surface area contributed by atoms with Gasteiger partial charge in [0.1, 0.15) is 53.5 Å². The van der Waals surface area contributed by atoms with Gasteiger partial charge in [0.05, 0.1) is 38.4 Å². The molecule has 29 nitrogen and oxygen atoms in total. The molecule has 0 radical (unpaired) electrons. The van der Waals surface area contributed by atoms with Crippen molar-refractivity contribution in [1.29, 1.82) is 0 Å². The van der Waals surface area contributed by atoms with E-state index in [2.05, 4.69) is 52.5 Å². The van der Waals surface area contributed by atoms with E-state index in [1.807, 2.05) is 125 Å². The summed E-state index contributed by atoms with van der Waals surface area (Å²) >= 11 is 0. The van der Waals surface area contributed by atoms with Crippen molar-refractivity contribution in [1.82, 2.24) is 62.3 Å². The highest BCUT2D eigenvalue weighted by Gasteiger charge is 2.49. The van der Waals surface area contributed by atoms with E-state index in [0.717, 1.165) is 84.4 Å². The van der Waals surface area contributed by atoms with E-state index < -0.39 is 136 Å². The molecule has 6 aliphatic rings.